The van der Waals surface area contributed by atoms with E-state index in [9.17, 15) is 14.2 Å². The quantitative estimate of drug-likeness (QED) is 0.384. The van der Waals surface area contributed by atoms with Crippen molar-refractivity contribution in [1.82, 2.24) is 14.6 Å². The molecule has 10 nitrogen and oxygen atoms in total. The number of nitrogens with one attached hydrogen (secondary N) is 1. The van der Waals surface area contributed by atoms with E-state index in [0.717, 1.165) is 12.8 Å². The minimum atomic E-state index is -3.86. The number of thioether (sulfide) groups is 1. The van der Waals surface area contributed by atoms with Crippen LogP contribution in [0.1, 0.15) is 32.1 Å². The second kappa shape index (κ2) is 11.0. The Hall–Kier alpha value is -2.33. The number of nitrogens with two attached hydrogens (primary N) is 1. The van der Waals surface area contributed by atoms with Gasteiger partial charge in [-0.15, -0.1) is 11.8 Å². The lowest BCUT2D eigenvalue weighted by molar-refractivity contribution is -0.145. The van der Waals surface area contributed by atoms with E-state index >= 15 is 0 Å². The predicted molar refractivity (Wildman–Crippen MR) is 122 cm³/mol. The topological polar surface area (TPSA) is 135 Å². The molecule has 1 aromatic carbocycles. The van der Waals surface area contributed by atoms with Gasteiger partial charge in [-0.3, -0.25) is 13.9 Å². The third-order valence-corrected chi connectivity index (χ3v) is 7.45. The van der Waals surface area contributed by atoms with Gasteiger partial charge in [-0.1, -0.05) is 18.2 Å². The molecule has 1 aliphatic rings. The summed E-state index contributed by atoms with van der Waals surface area (Å²) in [6.45, 7) is 3.23. The van der Waals surface area contributed by atoms with Crippen molar-refractivity contribution in [3.63, 3.8) is 0 Å². The molecule has 0 spiro atoms. The summed E-state index contributed by atoms with van der Waals surface area (Å²) in [5.41, 5.74) is 5.14. The molecule has 1 aromatic heterocycles. The number of ether oxygens (including phenoxy) is 1. The first kappa shape index (κ1) is 24.3. The summed E-state index contributed by atoms with van der Waals surface area (Å²) >= 11 is 1.52. The Morgan fingerprint density at radius 2 is 2.06 bits per heavy atom. The zero-order valence-corrected chi connectivity index (χ0v) is 19.6. The maximum atomic E-state index is 13.3. The zero-order valence-electron chi connectivity index (χ0n) is 17.9. The van der Waals surface area contributed by atoms with E-state index in [0.29, 0.717) is 5.75 Å². The molecule has 0 bridgehead atoms. The SMILES string of the molecule is CC(C)OC(=O)CNP(=O)(OCC1CCC(n2ccc(N)nc2=O)S1)Oc1ccccc1. The largest absolute Gasteiger partial charge is 0.462 e. The molecule has 3 unspecified atom stereocenters. The van der Waals surface area contributed by atoms with E-state index < -0.39 is 19.4 Å². The fourth-order valence-corrected chi connectivity index (χ4v) is 5.87. The fraction of sp³-hybridized carbons (Fsp3) is 0.450. The summed E-state index contributed by atoms with van der Waals surface area (Å²) in [7, 11) is -3.86. The summed E-state index contributed by atoms with van der Waals surface area (Å²) in [5, 5.41) is 2.44. The van der Waals surface area contributed by atoms with Gasteiger partial charge >= 0.3 is 19.4 Å². The van der Waals surface area contributed by atoms with Gasteiger partial charge in [0.1, 0.15) is 18.1 Å². The zero-order chi connectivity index (χ0) is 23.1. The van der Waals surface area contributed by atoms with Gasteiger partial charge in [0.15, 0.2) is 0 Å². The number of nitrogen functional groups attached to an aromatic ring is 1. The second-order valence-corrected chi connectivity index (χ2v) is 10.6. The van der Waals surface area contributed by atoms with Gasteiger partial charge in [0.05, 0.1) is 18.1 Å². The highest BCUT2D eigenvalue weighted by Gasteiger charge is 2.33. The first-order valence-corrected chi connectivity index (χ1v) is 12.7. The van der Waals surface area contributed by atoms with Crippen molar-refractivity contribution < 1.29 is 23.1 Å². The molecule has 174 valence electrons. The van der Waals surface area contributed by atoms with Crippen LogP contribution >= 0.6 is 19.5 Å². The van der Waals surface area contributed by atoms with Crippen molar-refractivity contribution in [3.8, 4) is 5.75 Å². The van der Waals surface area contributed by atoms with Gasteiger partial charge in [0.2, 0.25) is 0 Å². The van der Waals surface area contributed by atoms with Crippen LogP contribution in [0.15, 0.2) is 47.4 Å². The van der Waals surface area contributed by atoms with Crippen molar-refractivity contribution in [2.45, 2.75) is 43.4 Å². The Kier molecular flexibility index (Phi) is 8.36. The third-order valence-electron chi connectivity index (χ3n) is 4.43. The lowest BCUT2D eigenvalue weighted by Crippen LogP contribution is -2.28. The molecule has 0 saturated carbocycles. The Balaban J connectivity index is 1.62. The molecule has 0 aliphatic carbocycles. The molecule has 1 aliphatic heterocycles. The molecule has 2 aromatic rings. The minimum Gasteiger partial charge on any atom is -0.462 e. The van der Waals surface area contributed by atoms with Crippen LogP contribution in [-0.2, 0) is 18.6 Å². The van der Waals surface area contributed by atoms with Gasteiger partial charge in [-0.2, -0.15) is 4.98 Å². The molecule has 1 saturated heterocycles. The lowest BCUT2D eigenvalue weighted by atomic mass is 10.2. The number of benzene rings is 1. The van der Waals surface area contributed by atoms with Crippen molar-refractivity contribution in [1.29, 1.82) is 0 Å². The van der Waals surface area contributed by atoms with Crippen LogP contribution in [0, 0.1) is 0 Å². The van der Waals surface area contributed by atoms with Crippen LogP contribution in [0.4, 0.5) is 5.82 Å². The summed E-state index contributed by atoms with van der Waals surface area (Å²) in [5.74, 6) is -0.0433. The van der Waals surface area contributed by atoms with Crippen LogP contribution in [0.3, 0.4) is 0 Å². The van der Waals surface area contributed by atoms with Gasteiger partial charge < -0.3 is 15.0 Å². The van der Waals surface area contributed by atoms with Crippen LogP contribution in [0.25, 0.3) is 0 Å². The molecule has 0 radical (unpaired) electrons. The number of nitrogens with zero attached hydrogens (tertiary/aromatic N) is 2. The second-order valence-electron chi connectivity index (χ2n) is 7.40. The van der Waals surface area contributed by atoms with E-state index in [1.54, 1.807) is 56.4 Å². The fourth-order valence-electron chi connectivity index (χ4n) is 3.03. The number of esters is 1. The Morgan fingerprint density at radius 1 is 1.31 bits per heavy atom. The van der Waals surface area contributed by atoms with Gasteiger partial charge in [0.25, 0.3) is 0 Å². The molecule has 3 N–H and O–H groups in total. The molecule has 3 rings (SSSR count). The van der Waals surface area contributed by atoms with Crippen molar-refractivity contribution in [3.05, 3.63) is 53.1 Å². The summed E-state index contributed by atoms with van der Waals surface area (Å²) in [6, 6.07) is 10.1. The van der Waals surface area contributed by atoms with Gasteiger partial charge in [-0.25, -0.2) is 14.4 Å². The average Bonchev–Trinajstić information content (AvgIpc) is 3.20. The molecular weight excluding hydrogens is 455 g/mol. The summed E-state index contributed by atoms with van der Waals surface area (Å²) in [6.07, 6.45) is 2.80. The van der Waals surface area contributed by atoms with E-state index in [1.807, 2.05) is 0 Å². The Bertz CT molecular complexity index is 1020. The average molecular weight is 482 g/mol. The highest BCUT2D eigenvalue weighted by atomic mass is 32.2. The maximum absolute atomic E-state index is 13.3. The molecule has 12 heteroatoms. The van der Waals surface area contributed by atoms with Crippen molar-refractivity contribution in [2.24, 2.45) is 0 Å². The molecular formula is C20H27N4O6PS. The number of carbonyl (C=O) groups excluding carboxylic acids is 1. The standard InChI is InChI=1S/C20H27N4O6PS/c1-14(2)29-19(25)12-22-31(27,30-15-6-4-3-5-7-15)28-13-16-8-9-18(32-16)24-11-10-17(21)23-20(24)26/h3-7,10-11,14,16,18H,8-9,12-13H2,1-2H3,(H,22,27)(H2,21,23,26). The Labute approximate surface area is 190 Å². The minimum absolute atomic E-state index is 0.0263. The monoisotopic (exact) mass is 482 g/mol. The third kappa shape index (κ3) is 7.09. The van der Waals surface area contributed by atoms with Gasteiger partial charge in [0, 0.05) is 11.4 Å². The Morgan fingerprint density at radius 3 is 2.75 bits per heavy atom. The maximum Gasteiger partial charge on any atom is 0.459 e. The number of rotatable bonds is 10. The van der Waals surface area contributed by atoms with E-state index in [1.165, 1.54) is 16.3 Å². The van der Waals surface area contributed by atoms with Crippen molar-refractivity contribution >= 4 is 31.3 Å². The first-order valence-electron chi connectivity index (χ1n) is 10.2. The number of aromatic nitrogens is 2. The number of para-hydroxylation sites is 1. The van der Waals surface area contributed by atoms with E-state index in [2.05, 4.69) is 10.1 Å². The van der Waals surface area contributed by atoms with Crippen LogP contribution in [0.2, 0.25) is 0 Å². The summed E-state index contributed by atoms with van der Waals surface area (Å²) < 4.78 is 31.2. The molecule has 1 fully saturated rings. The number of hydrogen-bond donors (Lipinski definition) is 2. The van der Waals surface area contributed by atoms with E-state index in [-0.39, 0.29) is 35.7 Å². The van der Waals surface area contributed by atoms with E-state index in [4.69, 9.17) is 19.5 Å². The van der Waals surface area contributed by atoms with Crippen LogP contribution < -0.4 is 21.0 Å². The predicted octanol–water partition coefficient (Wildman–Crippen LogP) is 2.96. The van der Waals surface area contributed by atoms with Gasteiger partial charge in [-0.05, 0) is 44.9 Å². The number of carbonyl (C=O) groups is 1. The normalized spacial score (nSPS) is 20.1. The summed E-state index contributed by atoms with van der Waals surface area (Å²) in [4.78, 5) is 27.7. The first-order chi connectivity index (χ1) is 15.2. The molecule has 32 heavy (non-hydrogen) atoms. The lowest BCUT2D eigenvalue weighted by Gasteiger charge is -2.21. The highest BCUT2D eigenvalue weighted by molar-refractivity contribution is 8.00. The van der Waals surface area contributed by atoms with Crippen LogP contribution in [-0.4, -0.2) is 40.0 Å². The highest BCUT2D eigenvalue weighted by Crippen LogP contribution is 2.47. The number of anilines is 1. The van der Waals surface area contributed by atoms with Crippen LogP contribution in [0.5, 0.6) is 5.75 Å². The van der Waals surface area contributed by atoms with Crippen molar-refractivity contribution in [2.75, 3.05) is 18.9 Å². The molecule has 0 amide bonds. The molecule has 2 heterocycles. The smallest absolute Gasteiger partial charge is 0.459 e. The molecule has 3 atom stereocenters. The number of hydrogen-bond acceptors (Lipinski definition) is 9.